The molecule has 3 aromatic rings. The van der Waals surface area contributed by atoms with Gasteiger partial charge in [-0.15, -0.1) is 0 Å². The highest BCUT2D eigenvalue weighted by atomic mass is 17.1. The van der Waals surface area contributed by atoms with Crippen molar-refractivity contribution in [1.29, 1.82) is 0 Å². The molecule has 4 N–H and O–H groups in total. The van der Waals surface area contributed by atoms with Crippen LogP contribution in [0.25, 0.3) is 33.7 Å². The highest BCUT2D eigenvalue weighted by Gasteiger charge is 2.17. The van der Waals surface area contributed by atoms with E-state index in [4.69, 9.17) is 16.0 Å². The van der Waals surface area contributed by atoms with E-state index in [9.17, 15) is 10.5 Å². The summed E-state index contributed by atoms with van der Waals surface area (Å²) in [5.41, 5.74) is 0.839. The van der Waals surface area contributed by atoms with Crippen molar-refractivity contribution in [3.05, 3.63) is 47.4 Å². The molecule has 0 saturated carbocycles. The predicted molar refractivity (Wildman–Crippen MR) is 111 cm³/mol. The lowest BCUT2D eigenvalue weighted by atomic mass is 9.93. The Balaban J connectivity index is 2.78. The number of hydrogen-bond acceptors (Lipinski definition) is 6. The van der Waals surface area contributed by atoms with Gasteiger partial charge in [-0.1, -0.05) is 24.8 Å². The number of benzene rings is 3. The third kappa shape index (κ3) is 2.79. The van der Waals surface area contributed by atoms with Gasteiger partial charge in [-0.25, -0.2) is 10.5 Å². The molecule has 3 aromatic carbocycles. The molecule has 0 aliphatic carbocycles. The lowest BCUT2D eigenvalue weighted by Gasteiger charge is -2.17. The first kappa shape index (κ1) is 18.7. The Bertz CT molecular complexity index is 1160. The quantitative estimate of drug-likeness (QED) is 0.243. The molecule has 0 aliphatic rings. The number of fused-ring (bicyclic) bond motifs is 3. The molecule has 4 radical (unpaired) electrons. The topological polar surface area (TPSA) is 83.0 Å². The zero-order chi connectivity index (χ0) is 19.6. The van der Waals surface area contributed by atoms with Crippen molar-refractivity contribution in [3.8, 4) is 11.5 Å². The minimum absolute atomic E-state index is 0.178. The molecule has 0 atom stereocenters. The normalized spacial score (nSPS) is 12.4. The van der Waals surface area contributed by atoms with E-state index in [2.05, 4.69) is 26.8 Å². The molecule has 132 valence electrons. The van der Waals surface area contributed by atoms with Gasteiger partial charge in [0.2, 0.25) is 16.0 Å². The summed E-state index contributed by atoms with van der Waals surface area (Å²) in [5.74, 6) is 0.363. The minimum Gasteiger partial charge on any atom is -0.434 e. The van der Waals surface area contributed by atoms with E-state index < -0.39 is 0 Å². The van der Waals surface area contributed by atoms with Crippen LogP contribution in [0, 0.1) is 0 Å². The Morgan fingerprint density at radius 3 is 1.74 bits per heavy atom. The fourth-order valence-corrected chi connectivity index (χ4v) is 3.47. The van der Waals surface area contributed by atoms with Gasteiger partial charge in [0.05, 0.1) is 11.4 Å². The average molecular weight is 358 g/mol. The second kappa shape index (κ2) is 7.65. The zero-order valence-electron chi connectivity index (χ0n) is 14.6. The molecule has 0 saturated heterocycles. The number of allylic oxidation sites excluding steroid dienone is 1. The van der Waals surface area contributed by atoms with Crippen molar-refractivity contribution >= 4 is 61.0 Å². The second-order valence-electron chi connectivity index (χ2n) is 5.71. The molecule has 0 spiro atoms. The van der Waals surface area contributed by atoms with Gasteiger partial charge in [-0.3, -0.25) is 0 Å². The first-order valence-electron chi connectivity index (χ1n) is 8.07. The van der Waals surface area contributed by atoms with E-state index in [1.54, 1.807) is 30.3 Å². The van der Waals surface area contributed by atoms with Crippen LogP contribution in [-0.2, 0) is 0 Å². The predicted octanol–water partition coefficient (Wildman–Crippen LogP) is 2.45. The SMILES string of the molecule is [B]Nc1c(OO)ccc2c1c(=C/C)/c(=C\C=C)c1c(N[B])c(OO)ccc12. The molecule has 0 fully saturated rings. The molecular formula is C19H16B2N2O4. The highest BCUT2D eigenvalue weighted by molar-refractivity contribution is 6.25. The first-order valence-corrected chi connectivity index (χ1v) is 8.07. The number of nitrogens with one attached hydrogen (secondary N) is 2. The van der Waals surface area contributed by atoms with Crippen LogP contribution in [0.1, 0.15) is 6.92 Å². The smallest absolute Gasteiger partial charge is 0.222 e. The number of anilines is 2. The van der Waals surface area contributed by atoms with E-state index in [1.807, 2.05) is 19.1 Å². The summed E-state index contributed by atoms with van der Waals surface area (Å²) < 4.78 is 0. The molecule has 3 rings (SSSR count). The third-order valence-corrected chi connectivity index (χ3v) is 4.51. The van der Waals surface area contributed by atoms with Crippen LogP contribution in [0.5, 0.6) is 11.5 Å². The van der Waals surface area contributed by atoms with Crippen molar-refractivity contribution in [3.63, 3.8) is 0 Å². The van der Waals surface area contributed by atoms with Crippen LogP contribution < -0.4 is 30.7 Å². The van der Waals surface area contributed by atoms with Gasteiger partial charge in [0.25, 0.3) is 0 Å². The summed E-state index contributed by atoms with van der Waals surface area (Å²) in [6.45, 7) is 5.66. The average Bonchev–Trinajstić information content (AvgIpc) is 2.71. The van der Waals surface area contributed by atoms with Crippen LogP contribution in [0.15, 0.2) is 36.9 Å². The Morgan fingerprint density at radius 2 is 1.37 bits per heavy atom. The van der Waals surface area contributed by atoms with E-state index in [0.717, 1.165) is 32.0 Å². The molecule has 6 nitrogen and oxygen atoms in total. The summed E-state index contributed by atoms with van der Waals surface area (Å²) in [4.78, 5) is 8.93. The van der Waals surface area contributed by atoms with Crippen LogP contribution in [0.2, 0.25) is 0 Å². The highest BCUT2D eigenvalue weighted by Crippen LogP contribution is 2.37. The Labute approximate surface area is 158 Å². The maximum absolute atomic E-state index is 9.22. The monoisotopic (exact) mass is 358 g/mol. The molecule has 0 amide bonds. The fraction of sp³-hybridized carbons (Fsp3) is 0.0526. The standard InChI is InChI=1S/C19H16B2N2O4/c1-3-5-11-10(4-2)16-12(6-8-14(26-24)18(16)22-20)13-7-9-15(27-25)19(23-21)17(11)13/h3-9,22-25H,1H2,2H3/b10-4+,11-5+. The van der Waals surface area contributed by atoms with E-state index in [1.165, 1.54) is 0 Å². The van der Waals surface area contributed by atoms with Gasteiger partial charge in [0.15, 0.2) is 11.5 Å². The summed E-state index contributed by atoms with van der Waals surface area (Å²) in [6.07, 6.45) is 5.35. The van der Waals surface area contributed by atoms with Crippen molar-refractivity contribution in [2.24, 2.45) is 0 Å². The molecule has 27 heavy (non-hydrogen) atoms. The van der Waals surface area contributed by atoms with Crippen LogP contribution in [-0.4, -0.2) is 26.5 Å². The first-order chi connectivity index (χ1) is 13.2. The van der Waals surface area contributed by atoms with Crippen molar-refractivity contribution in [2.75, 3.05) is 10.5 Å². The molecule has 0 unspecified atom stereocenters. The number of rotatable bonds is 5. The van der Waals surface area contributed by atoms with Gasteiger partial charge >= 0.3 is 0 Å². The maximum atomic E-state index is 9.22. The molecule has 0 heterocycles. The zero-order valence-corrected chi connectivity index (χ0v) is 14.6. The van der Waals surface area contributed by atoms with Crippen LogP contribution in [0.3, 0.4) is 0 Å². The molecule has 0 aliphatic heterocycles. The van der Waals surface area contributed by atoms with Gasteiger partial charge in [-0.05, 0) is 52.4 Å². The fourth-order valence-electron chi connectivity index (χ4n) is 3.47. The lowest BCUT2D eigenvalue weighted by molar-refractivity contribution is -0.136. The molecule has 0 aromatic heterocycles. The van der Waals surface area contributed by atoms with Crippen molar-refractivity contribution in [1.82, 2.24) is 0 Å². The van der Waals surface area contributed by atoms with Gasteiger partial charge in [0.1, 0.15) is 0 Å². The Kier molecular flexibility index (Phi) is 5.30. The maximum Gasteiger partial charge on any atom is 0.222 e. The Morgan fingerprint density at radius 1 is 0.889 bits per heavy atom. The van der Waals surface area contributed by atoms with E-state index >= 15 is 0 Å². The van der Waals surface area contributed by atoms with E-state index in [-0.39, 0.29) is 11.5 Å². The van der Waals surface area contributed by atoms with Gasteiger partial charge in [0, 0.05) is 10.8 Å². The van der Waals surface area contributed by atoms with E-state index in [0.29, 0.717) is 11.4 Å². The number of hydrogen-bond donors (Lipinski definition) is 4. The summed E-state index contributed by atoms with van der Waals surface area (Å²) in [7, 11) is 11.4. The molecular weight excluding hydrogens is 342 g/mol. The van der Waals surface area contributed by atoms with Crippen molar-refractivity contribution in [2.45, 2.75) is 6.92 Å². The molecule has 0 bridgehead atoms. The second-order valence-corrected chi connectivity index (χ2v) is 5.71. The third-order valence-electron chi connectivity index (χ3n) is 4.51. The van der Waals surface area contributed by atoms with Crippen LogP contribution in [0.4, 0.5) is 11.4 Å². The minimum atomic E-state index is 0.178. The summed E-state index contributed by atoms with van der Waals surface area (Å²) >= 11 is 0. The summed E-state index contributed by atoms with van der Waals surface area (Å²) in [6, 6.07) is 6.79. The van der Waals surface area contributed by atoms with Crippen LogP contribution >= 0.6 is 0 Å². The Hall–Kier alpha value is -3.09. The largest absolute Gasteiger partial charge is 0.434 e. The lowest BCUT2D eigenvalue weighted by Crippen LogP contribution is -2.28. The summed E-state index contributed by atoms with van der Waals surface area (Å²) in [5, 5.41) is 28.3. The van der Waals surface area contributed by atoms with Crippen molar-refractivity contribution < 1.29 is 20.3 Å². The molecule has 8 heteroatoms. The van der Waals surface area contributed by atoms with Gasteiger partial charge in [-0.2, -0.15) is 0 Å². The van der Waals surface area contributed by atoms with Gasteiger partial charge < -0.3 is 20.2 Å².